The van der Waals surface area contributed by atoms with Gasteiger partial charge in [-0.15, -0.1) is 0 Å². The van der Waals surface area contributed by atoms with Crippen LogP contribution in [0.3, 0.4) is 0 Å². The molecule has 2 aromatic heterocycles. The van der Waals surface area contributed by atoms with Gasteiger partial charge in [0.05, 0.1) is 5.56 Å². The van der Waals surface area contributed by atoms with Gasteiger partial charge < -0.3 is 19.4 Å². The van der Waals surface area contributed by atoms with Crippen molar-refractivity contribution < 1.29 is 18.7 Å². The topological polar surface area (TPSA) is 107 Å². The summed E-state index contributed by atoms with van der Waals surface area (Å²) in [5.74, 6) is -0.272. The molecular weight excluding hydrogens is 388 g/mol. The molecule has 0 aliphatic carbocycles. The smallest absolute Gasteiger partial charge is 0.265 e. The van der Waals surface area contributed by atoms with Crippen LogP contribution < -0.4 is 10.9 Å². The van der Waals surface area contributed by atoms with Crippen LogP contribution in [0.2, 0.25) is 0 Å². The highest BCUT2D eigenvalue weighted by Crippen LogP contribution is 2.26. The van der Waals surface area contributed by atoms with Crippen molar-refractivity contribution in [2.24, 2.45) is 0 Å². The summed E-state index contributed by atoms with van der Waals surface area (Å²) >= 11 is 0. The van der Waals surface area contributed by atoms with Crippen LogP contribution in [0.15, 0.2) is 33.7 Å². The molecule has 4 rings (SSSR count). The highest BCUT2D eigenvalue weighted by atomic mass is 16.5. The molecule has 0 unspecified atom stereocenters. The van der Waals surface area contributed by atoms with Crippen LogP contribution in [0.4, 0.5) is 5.69 Å². The Labute approximate surface area is 172 Å². The first kappa shape index (κ1) is 19.8. The Kier molecular flexibility index (Phi) is 5.13. The molecule has 0 spiro atoms. The molecule has 0 saturated heterocycles. The fraction of sp³-hybridized carbons (Fsp3) is 0.333. The number of aryl methyl sites for hydroxylation is 2. The van der Waals surface area contributed by atoms with Crippen LogP contribution in [0.1, 0.15) is 38.5 Å². The van der Waals surface area contributed by atoms with Crippen molar-refractivity contribution in [2.75, 3.05) is 26.1 Å². The first-order valence-electron chi connectivity index (χ1n) is 9.58. The summed E-state index contributed by atoms with van der Waals surface area (Å²) in [6.45, 7) is 3.09. The molecule has 0 radical (unpaired) electrons. The first-order valence-corrected chi connectivity index (χ1v) is 9.58. The van der Waals surface area contributed by atoms with Crippen LogP contribution in [0.25, 0.3) is 11.1 Å². The van der Waals surface area contributed by atoms with Crippen LogP contribution in [0, 0.1) is 6.92 Å². The van der Waals surface area contributed by atoms with E-state index in [9.17, 15) is 14.4 Å². The standard InChI is InChI=1S/C21H22N4O5/c1-12-16(17-19(30-12)22-11-25(21(17)28)7-4-8-29-3)18(26)23-14-6-5-13-10-24(2)20(27)15(13)9-14/h5-6,9,11H,4,7-8,10H2,1-3H3,(H,23,26). The monoisotopic (exact) mass is 410 g/mol. The number of methoxy groups -OCH3 is 1. The van der Waals surface area contributed by atoms with E-state index in [1.54, 1.807) is 38.1 Å². The van der Waals surface area contributed by atoms with Gasteiger partial charge in [-0.05, 0) is 31.0 Å². The summed E-state index contributed by atoms with van der Waals surface area (Å²) in [6.07, 6.45) is 2.05. The Morgan fingerprint density at radius 3 is 2.90 bits per heavy atom. The van der Waals surface area contributed by atoms with Crippen LogP contribution in [0.5, 0.6) is 0 Å². The fourth-order valence-electron chi connectivity index (χ4n) is 3.67. The molecule has 156 valence electrons. The predicted molar refractivity (Wildman–Crippen MR) is 110 cm³/mol. The van der Waals surface area contributed by atoms with Gasteiger partial charge >= 0.3 is 0 Å². The average molecular weight is 410 g/mol. The van der Waals surface area contributed by atoms with Gasteiger partial charge in [-0.3, -0.25) is 19.0 Å². The normalized spacial score (nSPS) is 13.2. The highest BCUT2D eigenvalue weighted by molar-refractivity contribution is 6.13. The van der Waals surface area contributed by atoms with E-state index in [4.69, 9.17) is 9.15 Å². The molecule has 0 bridgehead atoms. The third-order valence-electron chi connectivity index (χ3n) is 5.18. The zero-order valence-corrected chi connectivity index (χ0v) is 17.0. The van der Waals surface area contributed by atoms with E-state index in [1.807, 2.05) is 6.07 Å². The number of carbonyl (C=O) groups excluding carboxylic acids is 2. The molecule has 1 aliphatic heterocycles. The number of carbonyl (C=O) groups is 2. The minimum Gasteiger partial charge on any atom is -0.442 e. The quantitative estimate of drug-likeness (QED) is 0.624. The summed E-state index contributed by atoms with van der Waals surface area (Å²) in [7, 11) is 3.32. The zero-order valence-electron chi connectivity index (χ0n) is 17.0. The lowest BCUT2D eigenvalue weighted by molar-refractivity contribution is 0.0816. The molecule has 0 fully saturated rings. The molecule has 1 aromatic carbocycles. The van der Waals surface area contributed by atoms with Crippen molar-refractivity contribution in [3.8, 4) is 0 Å². The summed E-state index contributed by atoms with van der Waals surface area (Å²) < 4.78 is 12.0. The summed E-state index contributed by atoms with van der Waals surface area (Å²) in [6, 6.07) is 5.21. The molecular formula is C21H22N4O5. The molecule has 30 heavy (non-hydrogen) atoms. The van der Waals surface area contributed by atoms with Gasteiger partial charge in [0.25, 0.3) is 17.4 Å². The number of furan rings is 1. The molecule has 9 heteroatoms. The Morgan fingerprint density at radius 2 is 2.13 bits per heavy atom. The minimum absolute atomic E-state index is 0.0887. The van der Waals surface area contributed by atoms with Crippen molar-refractivity contribution in [1.82, 2.24) is 14.5 Å². The number of hydrogen-bond donors (Lipinski definition) is 1. The number of anilines is 1. The molecule has 9 nitrogen and oxygen atoms in total. The van der Waals surface area contributed by atoms with Crippen LogP contribution >= 0.6 is 0 Å². The van der Waals surface area contributed by atoms with Gasteiger partial charge in [0.15, 0.2) is 0 Å². The number of nitrogens with one attached hydrogen (secondary N) is 1. The second kappa shape index (κ2) is 7.75. The third-order valence-corrected chi connectivity index (χ3v) is 5.18. The summed E-state index contributed by atoms with van der Waals surface area (Å²) in [5, 5.41) is 2.92. The van der Waals surface area contributed by atoms with Gasteiger partial charge in [-0.1, -0.05) is 6.07 Å². The van der Waals surface area contributed by atoms with Crippen molar-refractivity contribution >= 4 is 28.6 Å². The highest BCUT2D eigenvalue weighted by Gasteiger charge is 2.26. The van der Waals surface area contributed by atoms with E-state index in [2.05, 4.69) is 10.3 Å². The Hall–Kier alpha value is -3.46. The van der Waals surface area contributed by atoms with E-state index in [0.29, 0.717) is 43.1 Å². The minimum atomic E-state index is -0.487. The van der Waals surface area contributed by atoms with Crippen LogP contribution in [-0.2, 0) is 17.8 Å². The van der Waals surface area contributed by atoms with Crippen molar-refractivity contribution in [3.05, 3.63) is 57.3 Å². The Bertz CT molecular complexity index is 1210. The number of fused-ring (bicyclic) bond motifs is 2. The number of hydrogen-bond acceptors (Lipinski definition) is 6. The van der Waals surface area contributed by atoms with E-state index >= 15 is 0 Å². The fourth-order valence-corrected chi connectivity index (χ4v) is 3.67. The van der Waals surface area contributed by atoms with E-state index in [-0.39, 0.29) is 28.1 Å². The molecule has 1 aliphatic rings. The number of rotatable bonds is 6. The lowest BCUT2D eigenvalue weighted by Crippen LogP contribution is -2.23. The molecule has 3 aromatic rings. The Morgan fingerprint density at radius 1 is 1.33 bits per heavy atom. The SMILES string of the molecule is COCCCn1cnc2oc(C)c(C(=O)Nc3ccc4c(c3)C(=O)N(C)C4)c2c1=O. The van der Waals surface area contributed by atoms with Gasteiger partial charge in [0.1, 0.15) is 17.5 Å². The Balaban J connectivity index is 1.67. The van der Waals surface area contributed by atoms with Gasteiger partial charge in [0, 0.05) is 45.1 Å². The van der Waals surface area contributed by atoms with Gasteiger partial charge in [-0.2, -0.15) is 0 Å². The molecule has 3 heterocycles. The van der Waals surface area contributed by atoms with E-state index in [1.165, 1.54) is 10.9 Å². The van der Waals surface area contributed by atoms with Gasteiger partial charge in [0.2, 0.25) is 5.71 Å². The molecule has 2 amide bonds. The third kappa shape index (κ3) is 3.37. The van der Waals surface area contributed by atoms with Crippen molar-refractivity contribution in [2.45, 2.75) is 26.4 Å². The first-order chi connectivity index (χ1) is 14.4. The second-order valence-corrected chi connectivity index (χ2v) is 7.29. The molecule has 1 N–H and O–H groups in total. The summed E-state index contributed by atoms with van der Waals surface area (Å²) in [5.41, 5.74) is 1.87. The molecule has 0 atom stereocenters. The van der Waals surface area contributed by atoms with Crippen molar-refractivity contribution in [1.29, 1.82) is 0 Å². The van der Waals surface area contributed by atoms with E-state index in [0.717, 1.165) is 5.56 Å². The summed E-state index contributed by atoms with van der Waals surface area (Å²) in [4.78, 5) is 44.0. The number of amides is 2. The lowest BCUT2D eigenvalue weighted by Gasteiger charge is -2.07. The largest absolute Gasteiger partial charge is 0.442 e. The van der Waals surface area contributed by atoms with E-state index < -0.39 is 5.91 Å². The number of aromatic nitrogens is 2. The van der Waals surface area contributed by atoms with Crippen molar-refractivity contribution in [3.63, 3.8) is 0 Å². The predicted octanol–water partition coefficient (Wildman–Crippen LogP) is 2.17. The number of ether oxygens (including phenoxy) is 1. The number of nitrogens with zero attached hydrogens (tertiary/aromatic N) is 3. The maximum absolute atomic E-state index is 13.0. The van der Waals surface area contributed by atoms with Crippen LogP contribution in [-0.4, -0.2) is 47.0 Å². The second-order valence-electron chi connectivity index (χ2n) is 7.29. The maximum atomic E-state index is 13.0. The number of benzene rings is 1. The lowest BCUT2D eigenvalue weighted by atomic mass is 10.1. The maximum Gasteiger partial charge on any atom is 0.265 e. The average Bonchev–Trinajstić information content (AvgIpc) is 3.20. The molecule has 0 saturated carbocycles. The zero-order chi connectivity index (χ0) is 21.4. The van der Waals surface area contributed by atoms with Gasteiger partial charge in [-0.25, -0.2) is 4.98 Å².